The number of esters is 3. The van der Waals surface area contributed by atoms with Crippen LogP contribution in [0.2, 0.25) is 0 Å². The fourth-order valence-corrected chi connectivity index (χ4v) is 3.04. The van der Waals surface area contributed by atoms with Crippen LogP contribution in [0.1, 0.15) is 20.8 Å². The van der Waals surface area contributed by atoms with Crippen molar-refractivity contribution in [3.63, 3.8) is 0 Å². The first-order chi connectivity index (χ1) is 12.6. The largest absolute Gasteiger partial charge is 0.455 e. The molecule has 0 aromatic heterocycles. The summed E-state index contributed by atoms with van der Waals surface area (Å²) in [5.41, 5.74) is 1.91. The van der Waals surface area contributed by atoms with Crippen LogP contribution in [-0.4, -0.2) is 55.7 Å². The second-order valence-corrected chi connectivity index (χ2v) is 7.08. The third-order valence-electron chi connectivity index (χ3n) is 3.08. The number of carbonyl (C=O) groups excluding carboxylic acids is 3. The highest BCUT2D eigenvalue weighted by atomic mass is 31.2. The van der Waals surface area contributed by atoms with Crippen LogP contribution in [-0.2, 0) is 46.9 Å². The molecule has 0 spiro atoms. The summed E-state index contributed by atoms with van der Waals surface area (Å²) in [5, 5.41) is 0. The van der Waals surface area contributed by atoms with Gasteiger partial charge in [0.15, 0.2) is 6.10 Å². The molecule has 0 amide bonds. The van der Waals surface area contributed by atoms with Gasteiger partial charge in [-0.2, -0.15) is 0 Å². The summed E-state index contributed by atoms with van der Waals surface area (Å²) in [4.78, 5) is 34.0. The Balaban J connectivity index is 3.00. The van der Waals surface area contributed by atoms with Gasteiger partial charge in [0.1, 0.15) is 6.10 Å². The molecule has 150 valence electrons. The minimum absolute atomic E-state index is 0.119. The van der Waals surface area contributed by atoms with Crippen molar-refractivity contribution >= 4 is 25.5 Å². The molecule has 1 fully saturated rings. The Hall–Kier alpha value is -2.18. The van der Waals surface area contributed by atoms with Gasteiger partial charge >= 0.3 is 25.5 Å². The molecular formula is C16H21O10P. The molecule has 1 heterocycles. The van der Waals surface area contributed by atoms with Gasteiger partial charge in [-0.25, -0.2) is 4.57 Å². The van der Waals surface area contributed by atoms with Crippen LogP contribution in [0.5, 0.6) is 0 Å². The zero-order chi connectivity index (χ0) is 20.6. The van der Waals surface area contributed by atoms with Crippen LogP contribution in [0, 0.1) is 12.1 Å². The first kappa shape index (κ1) is 22.9. The highest BCUT2D eigenvalue weighted by Crippen LogP contribution is 2.47. The molecule has 0 N–H and O–H groups in total. The molecule has 0 radical (unpaired) electrons. The maximum absolute atomic E-state index is 12.3. The minimum atomic E-state index is -3.90. The smallest absolute Gasteiger partial charge is 0.405 e. The van der Waals surface area contributed by atoms with Crippen LogP contribution in [0.15, 0.2) is 12.7 Å². The number of hydrogen-bond donors (Lipinski definition) is 0. The van der Waals surface area contributed by atoms with Crippen LogP contribution >= 0.6 is 7.60 Å². The summed E-state index contributed by atoms with van der Waals surface area (Å²) in [6, 6.07) is 0. The van der Waals surface area contributed by atoms with Gasteiger partial charge in [0.25, 0.3) is 0 Å². The van der Waals surface area contributed by atoms with Crippen LogP contribution < -0.4 is 0 Å². The average molecular weight is 404 g/mol. The molecule has 11 heteroatoms. The van der Waals surface area contributed by atoms with E-state index < -0.39 is 56.7 Å². The van der Waals surface area contributed by atoms with Gasteiger partial charge in [-0.15, -0.1) is 13.0 Å². The fraction of sp³-hybridized carbons (Fsp3) is 0.562. The number of terminal acetylenes is 1. The first-order valence-corrected chi connectivity index (χ1v) is 9.31. The third-order valence-corrected chi connectivity index (χ3v) is 4.38. The Morgan fingerprint density at radius 2 is 1.63 bits per heavy atom. The summed E-state index contributed by atoms with van der Waals surface area (Å²) in [7, 11) is -3.90. The lowest BCUT2D eigenvalue weighted by Crippen LogP contribution is -2.41. The Morgan fingerprint density at radius 1 is 1.07 bits per heavy atom. The second-order valence-electron chi connectivity index (χ2n) is 5.31. The molecular weight excluding hydrogens is 383 g/mol. The Labute approximate surface area is 156 Å². The molecule has 0 aromatic rings. The molecule has 0 aliphatic carbocycles. The lowest BCUT2D eigenvalue weighted by atomic mass is 10.1. The highest BCUT2D eigenvalue weighted by molar-refractivity contribution is 7.59. The van der Waals surface area contributed by atoms with Gasteiger partial charge in [0.2, 0.25) is 12.4 Å². The maximum atomic E-state index is 12.3. The van der Waals surface area contributed by atoms with E-state index in [0.29, 0.717) is 0 Å². The second kappa shape index (κ2) is 10.2. The van der Waals surface area contributed by atoms with E-state index in [9.17, 15) is 18.9 Å². The molecule has 5 atom stereocenters. The zero-order valence-corrected chi connectivity index (χ0v) is 16.0. The van der Waals surface area contributed by atoms with Crippen molar-refractivity contribution in [1.82, 2.24) is 0 Å². The number of carbonyl (C=O) groups is 3. The number of rotatable bonds is 9. The molecule has 10 nitrogen and oxygen atoms in total. The summed E-state index contributed by atoms with van der Waals surface area (Å²) in [6.45, 7) is 6.20. The standard InChI is InChI=1S/C16H21O10P/c1-6-8-21-27(20,7-2)22-9-13-14(23-10(3)17)15(24-11(4)18)16(26-13)25-12(5)19/h2,6,13-16H,1,8-9H2,3-5H3/t13-,14-,15-,16?,27?/m1/s1. The van der Waals surface area contributed by atoms with E-state index in [0.717, 1.165) is 20.8 Å². The average Bonchev–Trinajstić information content (AvgIpc) is 2.86. The van der Waals surface area contributed by atoms with Crippen LogP contribution in [0.4, 0.5) is 0 Å². The van der Waals surface area contributed by atoms with Gasteiger partial charge in [-0.3, -0.25) is 23.4 Å². The molecule has 0 aromatic carbocycles. The predicted octanol–water partition coefficient (Wildman–Crippen LogP) is 1.14. The van der Waals surface area contributed by atoms with E-state index in [1.807, 2.05) is 5.66 Å². The monoisotopic (exact) mass is 404 g/mol. The quantitative estimate of drug-likeness (QED) is 0.182. The summed E-state index contributed by atoms with van der Waals surface area (Å²) >= 11 is 0. The van der Waals surface area contributed by atoms with E-state index in [4.69, 9.17) is 34.4 Å². The first-order valence-electron chi connectivity index (χ1n) is 7.77. The number of ether oxygens (including phenoxy) is 4. The fourth-order valence-electron chi connectivity index (χ4n) is 2.17. The van der Waals surface area contributed by atoms with Gasteiger partial charge in [-0.05, 0) is 0 Å². The van der Waals surface area contributed by atoms with Crippen molar-refractivity contribution in [2.75, 3.05) is 13.2 Å². The van der Waals surface area contributed by atoms with Gasteiger partial charge in [0.05, 0.1) is 13.2 Å². The third kappa shape index (κ3) is 7.15. The molecule has 2 unspecified atom stereocenters. The normalized spacial score (nSPS) is 26.3. The Bertz CT molecular complexity index is 667. The molecule has 1 aliphatic rings. The summed E-state index contributed by atoms with van der Waals surface area (Å²) in [6.07, 6.45) is 1.60. The number of hydrogen-bond acceptors (Lipinski definition) is 10. The summed E-state index contributed by atoms with van der Waals surface area (Å²) in [5.74, 6) is -2.15. The van der Waals surface area contributed by atoms with Crippen molar-refractivity contribution in [2.24, 2.45) is 0 Å². The topological polar surface area (TPSA) is 124 Å². The SMILES string of the molecule is C#CP(=O)(OCC=C)OC[C@H]1OC(OC(C)=O)[C@H](OC(C)=O)[C@@H]1OC(C)=O. The maximum Gasteiger partial charge on any atom is 0.405 e. The van der Waals surface area contributed by atoms with Crippen molar-refractivity contribution in [3.05, 3.63) is 12.7 Å². The molecule has 27 heavy (non-hydrogen) atoms. The van der Waals surface area contributed by atoms with Crippen molar-refractivity contribution in [1.29, 1.82) is 0 Å². The highest BCUT2D eigenvalue weighted by Gasteiger charge is 2.51. The lowest BCUT2D eigenvalue weighted by Gasteiger charge is -2.23. The van der Waals surface area contributed by atoms with Gasteiger partial charge in [-0.1, -0.05) is 6.08 Å². The van der Waals surface area contributed by atoms with E-state index >= 15 is 0 Å². The van der Waals surface area contributed by atoms with E-state index in [1.54, 1.807) is 0 Å². The van der Waals surface area contributed by atoms with Gasteiger partial charge in [0, 0.05) is 26.4 Å². The van der Waals surface area contributed by atoms with Crippen molar-refractivity contribution < 1.29 is 46.9 Å². The molecule has 0 bridgehead atoms. The summed E-state index contributed by atoms with van der Waals surface area (Å²) < 4.78 is 42.9. The van der Waals surface area contributed by atoms with Crippen LogP contribution in [0.25, 0.3) is 0 Å². The molecule has 0 saturated carbocycles. The molecule has 1 rings (SSSR count). The lowest BCUT2D eigenvalue weighted by molar-refractivity contribution is -0.196. The minimum Gasteiger partial charge on any atom is -0.455 e. The predicted molar refractivity (Wildman–Crippen MR) is 90.1 cm³/mol. The zero-order valence-electron chi connectivity index (χ0n) is 15.1. The van der Waals surface area contributed by atoms with E-state index in [-0.39, 0.29) is 6.61 Å². The van der Waals surface area contributed by atoms with E-state index in [1.165, 1.54) is 6.08 Å². The van der Waals surface area contributed by atoms with Crippen molar-refractivity contribution in [2.45, 2.75) is 45.4 Å². The molecule has 1 saturated heterocycles. The van der Waals surface area contributed by atoms with Crippen molar-refractivity contribution in [3.8, 4) is 12.1 Å². The Kier molecular flexibility index (Phi) is 8.66. The van der Waals surface area contributed by atoms with Gasteiger partial charge < -0.3 is 18.9 Å². The van der Waals surface area contributed by atoms with E-state index in [2.05, 4.69) is 6.58 Å². The Morgan fingerprint density at radius 3 is 2.11 bits per heavy atom. The van der Waals surface area contributed by atoms with Crippen LogP contribution in [0.3, 0.4) is 0 Å². The molecule has 1 aliphatic heterocycles.